The highest BCUT2D eigenvalue weighted by atomic mass is 16.5. The smallest absolute Gasteiger partial charge is 0.307 e. The van der Waals surface area contributed by atoms with Gasteiger partial charge in [0.05, 0.1) is 38.8 Å². The lowest BCUT2D eigenvalue weighted by Gasteiger charge is -2.39. The molecule has 10 heteroatoms. The fourth-order valence-electron chi connectivity index (χ4n) is 5.70. The number of fused-ring (bicyclic) bond motifs is 5. The Hall–Kier alpha value is -4.41. The highest BCUT2D eigenvalue weighted by Gasteiger charge is 2.32. The molecule has 3 aromatic rings. The molecule has 1 saturated heterocycles. The topological polar surface area (TPSA) is 118 Å². The lowest BCUT2D eigenvalue weighted by molar-refractivity contribution is -0.136. The van der Waals surface area contributed by atoms with Crippen molar-refractivity contribution in [3.63, 3.8) is 0 Å². The van der Waals surface area contributed by atoms with E-state index in [0.29, 0.717) is 61.9 Å². The number of piperidine rings is 1. The van der Waals surface area contributed by atoms with Gasteiger partial charge in [0.15, 0.2) is 11.5 Å². The van der Waals surface area contributed by atoms with E-state index in [1.165, 1.54) is 0 Å². The number of benzene rings is 3. The van der Waals surface area contributed by atoms with Crippen molar-refractivity contribution in [1.29, 1.82) is 0 Å². The van der Waals surface area contributed by atoms with Gasteiger partial charge in [-0.2, -0.15) is 0 Å². The van der Waals surface area contributed by atoms with Crippen LogP contribution in [0.25, 0.3) is 0 Å². The minimum Gasteiger partial charge on any atom is -0.493 e. The first kappa shape index (κ1) is 31.0. The zero-order valence-electron chi connectivity index (χ0n) is 25.2. The summed E-state index contributed by atoms with van der Waals surface area (Å²) in [6.45, 7) is 4.68. The molecule has 2 amide bonds. The largest absolute Gasteiger partial charge is 0.493 e. The number of nitrogens with zero attached hydrogens (tertiary/aromatic N) is 2. The number of ether oxygens (including phenoxy) is 3. The van der Waals surface area contributed by atoms with Gasteiger partial charge in [0.25, 0.3) is 5.91 Å². The monoisotopic (exact) mass is 601 g/mol. The van der Waals surface area contributed by atoms with E-state index >= 15 is 0 Å². The SMILES string of the molecule is CCCN1CC(=O)N[C@H]2CCN(Cc3ccc(CC(=O)O)cc3)C[C@@H]2OCc2cccc(c2)Oc2cc(ccc2OC)C1=O. The van der Waals surface area contributed by atoms with Crippen molar-refractivity contribution in [2.45, 2.75) is 51.5 Å². The van der Waals surface area contributed by atoms with Gasteiger partial charge in [-0.3, -0.25) is 19.3 Å². The molecule has 0 aromatic heterocycles. The van der Waals surface area contributed by atoms with Crippen LogP contribution in [0, 0.1) is 0 Å². The maximum absolute atomic E-state index is 13.6. The fraction of sp³-hybridized carbons (Fsp3) is 0.382. The number of amides is 2. The predicted octanol–water partition coefficient (Wildman–Crippen LogP) is 4.26. The van der Waals surface area contributed by atoms with E-state index in [1.807, 2.05) is 55.5 Å². The Labute approximate surface area is 257 Å². The lowest BCUT2D eigenvalue weighted by Crippen LogP contribution is -2.56. The summed E-state index contributed by atoms with van der Waals surface area (Å²) in [7, 11) is 1.55. The molecular formula is C34H39N3O7. The average Bonchev–Trinajstić information content (AvgIpc) is 3.01. The van der Waals surface area contributed by atoms with Crippen LogP contribution in [0.15, 0.2) is 66.7 Å². The van der Waals surface area contributed by atoms with Crippen LogP contribution >= 0.6 is 0 Å². The highest BCUT2D eigenvalue weighted by molar-refractivity contribution is 5.97. The van der Waals surface area contributed by atoms with Gasteiger partial charge in [-0.1, -0.05) is 43.3 Å². The molecule has 2 N–H and O–H groups in total. The first-order valence-electron chi connectivity index (χ1n) is 15.0. The molecule has 44 heavy (non-hydrogen) atoms. The average molecular weight is 602 g/mol. The van der Waals surface area contributed by atoms with Crippen LogP contribution in [0.4, 0.5) is 0 Å². The molecule has 0 saturated carbocycles. The number of methoxy groups -OCH3 is 1. The van der Waals surface area contributed by atoms with Gasteiger partial charge in [0, 0.05) is 31.7 Å². The van der Waals surface area contributed by atoms with Gasteiger partial charge < -0.3 is 29.5 Å². The number of carbonyl (C=O) groups is 3. The van der Waals surface area contributed by atoms with Crippen LogP contribution in [0.1, 0.15) is 46.8 Å². The van der Waals surface area contributed by atoms with E-state index in [9.17, 15) is 14.4 Å². The molecule has 10 nitrogen and oxygen atoms in total. The van der Waals surface area contributed by atoms with Gasteiger partial charge in [0.1, 0.15) is 5.75 Å². The summed E-state index contributed by atoms with van der Waals surface area (Å²) in [6, 6.07) is 20.0. The number of nitrogens with one attached hydrogen (secondary N) is 1. The van der Waals surface area contributed by atoms with Crippen molar-refractivity contribution in [1.82, 2.24) is 15.1 Å². The van der Waals surface area contributed by atoms with Crippen molar-refractivity contribution in [2.75, 3.05) is 33.3 Å². The number of rotatable bonds is 7. The Kier molecular flexibility index (Phi) is 10.1. The molecule has 2 heterocycles. The van der Waals surface area contributed by atoms with Crippen LogP contribution in [0.3, 0.4) is 0 Å². The van der Waals surface area contributed by atoms with E-state index in [2.05, 4.69) is 10.2 Å². The van der Waals surface area contributed by atoms with Crippen LogP contribution in [-0.4, -0.2) is 78.1 Å². The third kappa shape index (κ3) is 7.94. The molecule has 0 spiro atoms. The molecule has 0 aliphatic carbocycles. The highest BCUT2D eigenvalue weighted by Crippen LogP contribution is 2.33. The standard InChI is InChI=1S/C34H39N3O7/c1-3-14-37-21-32(38)35-28-13-15-36(19-24-9-7-23(8-10-24)17-33(39)40)20-31(28)43-22-25-5-4-6-27(16-25)44-30-18-26(34(37)41)11-12-29(30)42-2/h4-12,16,18,28,31H,3,13-15,17,19-22H2,1-2H3,(H,35,38)(H,39,40)/t28-,31-/m0/s1. The zero-order valence-corrected chi connectivity index (χ0v) is 25.2. The Morgan fingerprint density at radius 3 is 2.61 bits per heavy atom. The van der Waals surface area contributed by atoms with Gasteiger partial charge in [0.2, 0.25) is 5.91 Å². The molecule has 4 bridgehead atoms. The van der Waals surface area contributed by atoms with Crippen molar-refractivity contribution >= 4 is 17.8 Å². The fourth-order valence-corrected chi connectivity index (χ4v) is 5.70. The summed E-state index contributed by atoms with van der Waals surface area (Å²) in [4.78, 5) is 41.8. The van der Waals surface area contributed by atoms with Crippen molar-refractivity contribution in [3.05, 3.63) is 89.0 Å². The number of likely N-dealkylation sites (tertiary alicyclic amines) is 1. The Bertz CT molecular complexity index is 1480. The summed E-state index contributed by atoms with van der Waals surface area (Å²) in [5.74, 6) is 0.147. The first-order chi connectivity index (χ1) is 21.3. The first-order valence-corrected chi connectivity index (χ1v) is 15.0. The van der Waals surface area contributed by atoms with Gasteiger partial charge in [-0.15, -0.1) is 0 Å². The third-order valence-electron chi connectivity index (χ3n) is 7.89. The number of carboxylic acids is 1. The molecule has 5 rings (SSSR count). The zero-order chi connectivity index (χ0) is 31.1. The Balaban J connectivity index is 1.38. The number of carboxylic acid groups (broad SMARTS) is 1. The molecule has 2 aliphatic rings. The number of hydrogen-bond acceptors (Lipinski definition) is 7. The van der Waals surface area contributed by atoms with Crippen LogP contribution in [-0.2, 0) is 33.9 Å². The molecule has 3 aromatic carbocycles. The molecule has 0 unspecified atom stereocenters. The minimum absolute atomic E-state index is 0.00570. The maximum atomic E-state index is 13.6. The second-order valence-electron chi connectivity index (χ2n) is 11.3. The second-order valence-corrected chi connectivity index (χ2v) is 11.3. The minimum atomic E-state index is -0.855. The summed E-state index contributed by atoms with van der Waals surface area (Å²) in [5.41, 5.74) is 3.16. The van der Waals surface area contributed by atoms with E-state index in [-0.39, 0.29) is 36.9 Å². The number of carbonyl (C=O) groups excluding carboxylic acids is 2. The van der Waals surface area contributed by atoms with Crippen LogP contribution in [0.2, 0.25) is 0 Å². The van der Waals surface area contributed by atoms with E-state index in [0.717, 1.165) is 23.2 Å². The summed E-state index contributed by atoms with van der Waals surface area (Å²) < 4.78 is 18.2. The van der Waals surface area contributed by atoms with Crippen LogP contribution < -0.4 is 14.8 Å². The van der Waals surface area contributed by atoms with Gasteiger partial charge in [-0.05, 0) is 59.9 Å². The number of hydrogen-bond donors (Lipinski definition) is 2. The molecule has 2 aliphatic heterocycles. The Morgan fingerprint density at radius 1 is 1.07 bits per heavy atom. The predicted molar refractivity (Wildman–Crippen MR) is 164 cm³/mol. The summed E-state index contributed by atoms with van der Waals surface area (Å²) >= 11 is 0. The van der Waals surface area contributed by atoms with E-state index < -0.39 is 5.97 Å². The number of aliphatic carboxylic acids is 1. The molecule has 232 valence electrons. The quantitative estimate of drug-likeness (QED) is 0.413. The van der Waals surface area contributed by atoms with E-state index in [1.54, 1.807) is 30.2 Å². The normalized spacial score (nSPS) is 19.5. The second kappa shape index (κ2) is 14.4. The van der Waals surface area contributed by atoms with Gasteiger partial charge >= 0.3 is 5.97 Å². The molecule has 1 fully saturated rings. The maximum Gasteiger partial charge on any atom is 0.307 e. The van der Waals surface area contributed by atoms with Crippen LogP contribution in [0.5, 0.6) is 17.2 Å². The molecule has 2 atom stereocenters. The molecular weight excluding hydrogens is 562 g/mol. The van der Waals surface area contributed by atoms with Crippen molar-refractivity contribution < 1.29 is 33.7 Å². The van der Waals surface area contributed by atoms with E-state index in [4.69, 9.17) is 19.3 Å². The lowest BCUT2D eigenvalue weighted by atomic mass is 10.00. The van der Waals surface area contributed by atoms with Crippen molar-refractivity contribution in [3.8, 4) is 17.2 Å². The Morgan fingerprint density at radius 2 is 1.86 bits per heavy atom. The van der Waals surface area contributed by atoms with Gasteiger partial charge in [-0.25, -0.2) is 0 Å². The summed E-state index contributed by atoms with van der Waals surface area (Å²) in [6.07, 6.45) is 1.08. The third-order valence-corrected chi connectivity index (χ3v) is 7.89. The molecule has 0 radical (unpaired) electrons. The summed E-state index contributed by atoms with van der Waals surface area (Å²) in [5, 5.41) is 12.2. The van der Waals surface area contributed by atoms with Crippen molar-refractivity contribution in [2.24, 2.45) is 0 Å².